The number of anilines is 3. The van der Waals surface area contributed by atoms with Gasteiger partial charge in [-0.25, -0.2) is 4.98 Å². The fourth-order valence-electron chi connectivity index (χ4n) is 6.34. The summed E-state index contributed by atoms with van der Waals surface area (Å²) in [6, 6.07) is 14.6. The Bertz CT molecular complexity index is 1850. The van der Waals surface area contributed by atoms with Crippen molar-refractivity contribution >= 4 is 28.4 Å². The molecule has 12 nitrogen and oxygen atoms in total. The van der Waals surface area contributed by atoms with Crippen LogP contribution < -0.4 is 21.1 Å². The molecule has 0 unspecified atom stereocenters. The lowest BCUT2D eigenvalue weighted by molar-refractivity contribution is 0.0364. The van der Waals surface area contributed by atoms with Crippen molar-refractivity contribution in [1.82, 2.24) is 34.9 Å². The zero-order chi connectivity index (χ0) is 31.5. The molecule has 2 fully saturated rings. The highest BCUT2D eigenvalue weighted by Crippen LogP contribution is 2.27. The molecule has 238 valence electrons. The van der Waals surface area contributed by atoms with E-state index < -0.39 is 0 Å². The molecule has 0 spiro atoms. The van der Waals surface area contributed by atoms with E-state index in [0.29, 0.717) is 49.5 Å². The Labute approximate surface area is 267 Å². The molecule has 4 aromatic heterocycles. The van der Waals surface area contributed by atoms with E-state index in [9.17, 15) is 4.79 Å². The van der Waals surface area contributed by atoms with Crippen LogP contribution in [0.4, 0.5) is 17.3 Å². The van der Waals surface area contributed by atoms with Gasteiger partial charge in [0.15, 0.2) is 0 Å². The Morgan fingerprint density at radius 1 is 1.00 bits per heavy atom. The molecular formula is C34H39N9O3. The molecule has 12 heteroatoms. The van der Waals surface area contributed by atoms with E-state index in [4.69, 9.17) is 19.2 Å². The van der Waals surface area contributed by atoms with Gasteiger partial charge in [0.25, 0.3) is 5.56 Å². The number of nitrogens with one attached hydrogen (secondary N) is 2. The van der Waals surface area contributed by atoms with Gasteiger partial charge in [0.05, 0.1) is 30.7 Å². The summed E-state index contributed by atoms with van der Waals surface area (Å²) in [5, 5.41) is 11.4. The quantitative estimate of drug-likeness (QED) is 0.247. The summed E-state index contributed by atoms with van der Waals surface area (Å²) >= 11 is 0. The number of ether oxygens (including phenoxy) is 1. The lowest BCUT2D eigenvalue weighted by Crippen LogP contribution is -2.41. The number of nitrogens with zero attached hydrogens (tertiary/aromatic N) is 7. The normalized spacial score (nSPS) is 16.1. The minimum Gasteiger partial charge on any atom is -0.379 e. The molecule has 0 amide bonds. The van der Waals surface area contributed by atoms with Crippen LogP contribution in [0.2, 0.25) is 0 Å². The molecule has 2 saturated heterocycles. The van der Waals surface area contributed by atoms with E-state index >= 15 is 0 Å². The van der Waals surface area contributed by atoms with Crippen molar-refractivity contribution in [3.63, 3.8) is 0 Å². The molecule has 1 aromatic carbocycles. The third-order valence-electron chi connectivity index (χ3n) is 9.06. The standard InChI is InChI=1S/C34H39N9O3/c1-23-29(7-8-31(38-23)25-21-37-46-22-25)30-19-24-20-36-34(40-32(24)43(33(30)44)14-13-42-15-17-45-18-16-42)39-26-3-5-27(6-4-26)41(2)28-9-11-35-12-10-28/h3-8,19-22,28,35H,9-18H2,1-2H3,(H,36,39,40). The highest BCUT2D eigenvalue weighted by atomic mass is 16.5. The minimum absolute atomic E-state index is 0.113. The van der Waals surface area contributed by atoms with Gasteiger partial charge in [-0.3, -0.25) is 19.2 Å². The van der Waals surface area contributed by atoms with Crippen LogP contribution in [0.25, 0.3) is 33.4 Å². The van der Waals surface area contributed by atoms with Crippen LogP contribution in [0.15, 0.2) is 70.4 Å². The number of piperidine rings is 1. The average molecular weight is 622 g/mol. The van der Waals surface area contributed by atoms with Crippen molar-refractivity contribution in [2.24, 2.45) is 0 Å². The first-order valence-corrected chi connectivity index (χ1v) is 15.9. The van der Waals surface area contributed by atoms with Gasteiger partial charge in [-0.05, 0) is 69.3 Å². The fourth-order valence-corrected chi connectivity index (χ4v) is 6.34. The Kier molecular flexibility index (Phi) is 8.73. The zero-order valence-corrected chi connectivity index (χ0v) is 26.3. The fraction of sp³-hybridized carbons (Fsp3) is 0.382. The summed E-state index contributed by atoms with van der Waals surface area (Å²) in [5.74, 6) is 0.440. The smallest absolute Gasteiger partial charge is 0.260 e. The predicted molar refractivity (Wildman–Crippen MR) is 179 cm³/mol. The van der Waals surface area contributed by atoms with Gasteiger partial charge >= 0.3 is 0 Å². The maximum atomic E-state index is 14.2. The van der Waals surface area contributed by atoms with Gasteiger partial charge in [0, 0.05) is 79.0 Å². The first-order valence-electron chi connectivity index (χ1n) is 15.9. The van der Waals surface area contributed by atoms with Crippen LogP contribution >= 0.6 is 0 Å². The van der Waals surface area contributed by atoms with E-state index in [1.54, 1.807) is 23.2 Å². The first-order chi connectivity index (χ1) is 22.5. The van der Waals surface area contributed by atoms with Crippen LogP contribution in [-0.4, -0.2) is 88.6 Å². The van der Waals surface area contributed by atoms with Crippen LogP contribution in [-0.2, 0) is 11.3 Å². The maximum absolute atomic E-state index is 14.2. The molecular weight excluding hydrogens is 582 g/mol. The molecule has 2 aliphatic rings. The first kappa shape index (κ1) is 30.0. The summed E-state index contributed by atoms with van der Waals surface area (Å²) in [5.41, 5.74) is 6.14. The third kappa shape index (κ3) is 6.37. The number of aromatic nitrogens is 5. The molecule has 0 atom stereocenters. The summed E-state index contributed by atoms with van der Waals surface area (Å²) in [4.78, 5) is 33.2. The Morgan fingerprint density at radius 3 is 2.54 bits per heavy atom. The van der Waals surface area contributed by atoms with Gasteiger partial charge in [-0.15, -0.1) is 0 Å². The lowest BCUT2D eigenvalue weighted by atomic mass is 10.0. The van der Waals surface area contributed by atoms with Gasteiger partial charge < -0.3 is 24.8 Å². The van der Waals surface area contributed by atoms with Gasteiger partial charge in [-0.1, -0.05) is 11.2 Å². The number of morpholine rings is 1. The Balaban J connectivity index is 1.20. The van der Waals surface area contributed by atoms with Crippen molar-refractivity contribution in [2.75, 3.05) is 63.2 Å². The molecule has 2 aliphatic heterocycles. The molecule has 46 heavy (non-hydrogen) atoms. The van der Waals surface area contributed by atoms with Crippen molar-refractivity contribution in [3.8, 4) is 22.4 Å². The van der Waals surface area contributed by atoms with E-state index in [-0.39, 0.29) is 5.56 Å². The molecule has 0 saturated carbocycles. The van der Waals surface area contributed by atoms with E-state index in [2.05, 4.69) is 49.8 Å². The summed E-state index contributed by atoms with van der Waals surface area (Å²) in [6.45, 7) is 8.29. The van der Waals surface area contributed by atoms with E-state index in [1.165, 1.54) is 5.69 Å². The molecule has 2 N–H and O–H groups in total. The van der Waals surface area contributed by atoms with Crippen LogP contribution in [0.5, 0.6) is 0 Å². The Hall–Kier alpha value is -4.65. The minimum atomic E-state index is -0.113. The third-order valence-corrected chi connectivity index (χ3v) is 9.06. The number of hydrogen-bond donors (Lipinski definition) is 2. The SMILES string of the molecule is Cc1nc(-c2cnoc2)ccc1-c1cc2cnc(Nc3ccc(N(C)C4CCNCC4)cc3)nc2n(CCN2CCOCC2)c1=O. The molecule has 7 rings (SSSR count). The van der Waals surface area contributed by atoms with Crippen molar-refractivity contribution in [1.29, 1.82) is 0 Å². The molecule has 0 radical (unpaired) electrons. The summed E-state index contributed by atoms with van der Waals surface area (Å²) in [7, 11) is 2.16. The second kappa shape index (κ2) is 13.4. The molecule has 0 aliphatic carbocycles. The average Bonchev–Trinajstić information content (AvgIpc) is 3.64. The van der Waals surface area contributed by atoms with Crippen LogP contribution in [0.3, 0.4) is 0 Å². The number of fused-ring (bicyclic) bond motifs is 1. The summed E-state index contributed by atoms with van der Waals surface area (Å²) < 4.78 is 12.3. The number of benzene rings is 1. The largest absolute Gasteiger partial charge is 0.379 e. The van der Waals surface area contributed by atoms with Gasteiger partial charge in [-0.2, -0.15) is 4.98 Å². The lowest BCUT2D eigenvalue weighted by Gasteiger charge is -2.33. The second-order valence-electron chi connectivity index (χ2n) is 11.9. The van der Waals surface area contributed by atoms with Crippen molar-refractivity contribution in [3.05, 3.63) is 77.2 Å². The number of pyridine rings is 2. The molecule has 6 heterocycles. The van der Waals surface area contributed by atoms with Crippen LogP contribution in [0, 0.1) is 6.92 Å². The zero-order valence-electron chi connectivity index (χ0n) is 26.3. The van der Waals surface area contributed by atoms with Gasteiger partial charge in [0.1, 0.15) is 11.9 Å². The molecule has 5 aromatic rings. The number of hydrogen-bond acceptors (Lipinski definition) is 11. The highest BCUT2D eigenvalue weighted by Gasteiger charge is 2.20. The molecule has 0 bridgehead atoms. The second-order valence-corrected chi connectivity index (χ2v) is 11.9. The number of aryl methyl sites for hydroxylation is 1. The number of rotatable bonds is 9. The predicted octanol–water partition coefficient (Wildman–Crippen LogP) is 4.08. The topological polar surface area (TPSA) is 126 Å². The van der Waals surface area contributed by atoms with Gasteiger partial charge in [0.2, 0.25) is 5.95 Å². The summed E-state index contributed by atoms with van der Waals surface area (Å²) in [6.07, 6.45) is 7.25. The van der Waals surface area contributed by atoms with E-state index in [1.807, 2.05) is 37.3 Å². The van der Waals surface area contributed by atoms with Crippen molar-refractivity contribution < 1.29 is 9.26 Å². The maximum Gasteiger partial charge on any atom is 0.260 e. The van der Waals surface area contributed by atoms with Crippen molar-refractivity contribution in [2.45, 2.75) is 32.4 Å². The monoisotopic (exact) mass is 621 g/mol. The van der Waals surface area contributed by atoms with Crippen LogP contribution in [0.1, 0.15) is 18.5 Å². The van der Waals surface area contributed by atoms with E-state index in [0.717, 1.165) is 72.6 Å². The highest BCUT2D eigenvalue weighted by molar-refractivity contribution is 5.82. The Morgan fingerprint density at radius 2 is 1.80 bits per heavy atom.